The maximum atomic E-state index is 13.7. The van der Waals surface area contributed by atoms with Gasteiger partial charge in [-0.25, -0.2) is 14.4 Å². The lowest BCUT2D eigenvalue weighted by Crippen LogP contribution is -2.31. The number of aromatic nitrogens is 2. The summed E-state index contributed by atoms with van der Waals surface area (Å²) < 4.78 is 13.7. The summed E-state index contributed by atoms with van der Waals surface area (Å²) in [5, 5.41) is 6.40. The Balaban J connectivity index is 1.60. The molecule has 0 saturated heterocycles. The Labute approximate surface area is 207 Å². The van der Waals surface area contributed by atoms with Crippen LogP contribution in [0.1, 0.15) is 73.1 Å². The average molecular weight is 475 g/mol. The zero-order valence-electron chi connectivity index (χ0n) is 20.7. The number of anilines is 1. The fourth-order valence-corrected chi connectivity index (χ4v) is 4.94. The molecule has 3 aromatic rings. The van der Waals surface area contributed by atoms with Crippen LogP contribution in [-0.2, 0) is 18.3 Å². The summed E-state index contributed by atoms with van der Waals surface area (Å²) in [6.45, 7) is 4.73. The Morgan fingerprint density at radius 3 is 2.49 bits per heavy atom. The van der Waals surface area contributed by atoms with Gasteiger partial charge in [0.1, 0.15) is 5.82 Å². The Bertz CT molecular complexity index is 1110. The number of amides is 1. The van der Waals surface area contributed by atoms with Crippen LogP contribution in [0.3, 0.4) is 0 Å². The van der Waals surface area contributed by atoms with Gasteiger partial charge in [-0.1, -0.05) is 62.2 Å². The molecule has 5 nitrogen and oxygen atoms in total. The van der Waals surface area contributed by atoms with E-state index in [1.165, 1.54) is 17.7 Å². The van der Waals surface area contributed by atoms with Gasteiger partial charge in [0.05, 0.1) is 11.3 Å². The van der Waals surface area contributed by atoms with E-state index >= 15 is 0 Å². The molecule has 1 saturated carbocycles. The number of hydrogen-bond donors (Lipinski definition) is 2. The fourth-order valence-electron chi connectivity index (χ4n) is 4.94. The topological polar surface area (TPSA) is 66.9 Å². The molecule has 1 aliphatic carbocycles. The third kappa shape index (κ3) is 6.24. The second-order valence-corrected chi connectivity index (χ2v) is 9.67. The van der Waals surface area contributed by atoms with Gasteiger partial charge in [-0.05, 0) is 55.9 Å². The van der Waals surface area contributed by atoms with Gasteiger partial charge in [-0.3, -0.25) is 4.79 Å². The van der Waals surface area contributed by atoms with Crippen LogP contribution >= 0.6 is 0 Å². The van der Waals surface area contributed by atoms with Crippen molar-refractivity contribution in [3.63, 3.8) is 0 Å². The van der Waals surface area contributed by atoms with Crippen LogP contribution in [0.5, 0.6) is 0 Å². The van der Waals surface area contributed by atoms with Crippen molar-refractivity contribution in [3.05, 3.63) is 89.0 Å². The van der Waals surface area contributed by atoms with Gasteiger partial charge in [0.15, 0.2) is 0 Å². The third-order valence-electron chi connectivity index (χ3n) is 7.17. The molecule has 1 heterocycles. The molecule has 0 bridgehead atoms. The van der Waals surface area contributed by atoms with Gasteiger partial charge in [0.2, 0.25) is 5.95 Å². The minimum Gasteiger partial charge on any atom is -0.352 e. The number of hydrogen-bond acceptors (Lipinski definition) is 4. The maximum Gasteiger partial charge on any atom is 0.254 e. The molecule has 1 atom stereocenters. The largest absolute Gasteiger partial charge is 0.352 e. The van der Waals surface area contributed by atoms with E-state index in [0.717, 1.165) is 49.8 Å². The highest BCUT2D eigenvalue weighted by atomic mass is 19.1. The Kier molecular flexibility index (Phi) is 8.11. The number of halogens is 1. The van der Waals surface area contributed by atoms with E-state index in [2.05, 4.69) is 41.6 Å². The summed E-state index contributed by atoms with van der Waals surface area (Å²) in [5.74, 6) is 0.156. The second-order valence-electron chi connectivity index (χ2n) is 9.67. The molecule has 0 radical (unpaired) electrons. The molecule has 1 aliphatic rings. The summed E-state index contributed by atoms with van der Waals surface area (Å²) in [6, 6.07) is 17.2. The number of carbonyl (C=O) groups is 1. The first-order chi connectivity index (χ1) is 17.0. The quantitative estimate of drug-likeness (QED) is 0.387. The SMILES string of the molecule is CCC(C)Nc1ncc(C(=O)NCCc2ccccc2)c(CC2(c3ccc(F)cc3)CCCC2)n1. The van der Waals surface area contributed by atoms with Gasteiger partial charge in [-0.15, -0.1) is 0 Å². The number of rotatable bonds is 10. The van der Waals surface area contributed by atoms with Crippen LogP contribution in [0.25, 0.3) is 0 Å². The Hall–Kier alpha value is -3.28. The summed E-state index contributed by atoms with van der Waals surface area (Å²) in [7, 11) is 0. The van der Waals surface area contributed by atoms with E-state index < -0.39 is 0 Å². The highest BCUT2D eigenvalue weighted by Crippen LogP contribution is 2.44. The lowest BCUT2D eigenvalue weighted by atomic mass is 9.74. The van der Waals surface area contributed by atoms with Gasteiger partial charge in [0, 0.05) is 30.6 Å². The first-order valence-electron chi connectivity index (χ1n) is 12.7. The van der Waals surface area contributed by atoms with E-state index in [-0.39, 0.29) is 23.2 Å². The molecule has 0 aliphatic heterocycles. The van der Waals surface area contributed by atoms with E-state index in [4.69, 9.17) is 4.98 Å². The van der Waals surface area contributed by atoms with Crippen molar-refractivity contribution >= 4 is 11.9 Å². The lowest BCUT2D eigenvalue weighted by Gasteiger charge is -2.30. The van der Waals surface area contributed by atoms with Crippen molar-refractivity contribution in [2.24, 2.45) is 0 Å². The number of benzene rings is 2. The van der Waals surface area contributed by atoms with Crippen LogP contribution in [0.15, 0.2) is 60.8 Å². The standard InChI is InChI=1S/C29H35FN4O/c1-3-21(2)33-28-32-20-25(27(35)31-18-15-22-9-5-4-6-10-22)26(34-28)19-29(16-7-8-17-29)23-11-13-24(30)14-12-23/h4-6,9-14,20-21H,3,7-8,15-19H2,1-2H3,(H,31,35)(H,32,33,34). The van der Waals surface area contributed by atoms with Crippen molar-refractivity contribution < 1.29 is 9.18 Å². The van der Waals surface area contributed by atoms with Crippen molar-refractivity contribution in [3.8, 4) is 0 Å². The minimum atomic E-state index is -0.234. The van der Waals surface area contributed by atoms with E-state index in [1.54, 1.807) is 6.20 Å². The van der Waals surface area contributed by atoms with Crippen LogP contribution in [0.4, 0.5) is 10.3 Å². The second kappa shape index (κ2) is 11.4. The monoisotopic (exact) mass is 474 g/mol. The highest BCUT2D eigenvalue weighted by Gasteiger charge is 2.37. The number of nitrogens with zero attached hydrogens (tertiary/aromatic N) is 2. The van der Waals surface area contributed by atoms with Crippen molar-refractivity contribution in [1.82, 2.24) is 15.3 Å². The molecule has 35 heavy (non-hydrogen) atoms. The smallest absolute Gasteiger partial charge is 0.254 e. The van der Waals surface area contributed by atoms with Gasteiger partial charge >= 0.3 is 0 Å². The summed E-state index contributed by atoms with van der Waals surface area (Å²) >= 11 is 0. The predicted molar refractivity (Wildman–Crippen MR) is 138 cm³/mol. The fraction of sp³-hybridized carbons (Fsp3) is 0.414. The minimum absolute atomic E-state index is 0.154. The van der Waals surface area contributed by atoms with Crippen molar-refractivity contribution in [2.75, 3.05) is 11.9 Å². The predicted octanol–water partition coefficient (Wildman–Crippen LogP) is 5.85. The molecular formula is C29H35FN4O. The normalized spacial score (nSPS) is 15.5. The van der Waals surface area contributed by atoms with Crippen LogP contribution in [0.2, 0.25) is 0 Å². The molecule has 0 spiro atoms. The lowest BCUT2D eigenvalue weighted by molar-refractivity contribution is 0.0952. The molecule has 2 aromatic carbocycles. The molecule has 2 N–H and O–H groups in total. The molecule has 1 unspecified atom stereocenters. The molecule has 6 heteroatoms. The Morgan fingerprint density at radius 2 is 1.80 bits per heavy atom. The van der Waals surface area contributed by atoms with E-state index in [0.29, 0.717) is 24.5 Å². The molecule has 1 fully saturated rings. The molecule has 1 aromatic heterocycles. The number of carbonyl (C=O) groups excluding carboxylic acids is 1. The van der Waals surface area contributed by atoms with Crippen LogP contribution in [0, 0.1) is 5.82 Å². The maximum absolute atomic E-state index is 13.7. The van der Waals surface area contributed by atoms with Crippen molar-refractivity contribution in [1.29, 1.82) is 0 Å². The summed E-state index contributed by atoms with van der Waals surface area (Å²) in [5.41, 5.74) is 3.39. The summed E-state index contributed by atoms with van der Waals surface area (Å²) in [6.07, 6.45) is 8.18. The first kappa shape index (κ1) is 24.8. The van der Waals surface area contributed by atoms with Gasteiger partial charge in [0.25, 0.3) is 5.91 Å². The van der Waals surface area contributed by atoms with Crippen molar-refractivity contribution in [2.45, 2.75) is 70.3 Å². The highest BCUT2D eigenvalue weighted by molar-refractivity contribution is 5.95. The number of nitrogens with one attached hydrogen (secondary N) is 2. The molecule has 1 amide bonds. The van der Waals surface area contributed by atoms with Crippen LogP contribution in [-0.4, -0.2) is 28.5 Å². The molecule has 4 rings (SSSR count). The van der Waals surface area contributed by atoms with E-state index in [1.807, 2.05) is 30.3 Å². The third-order valence-corrected chi connectivity index (χ3v) is 7.17. The average Bonchev–Trinajstić information content (AvgIpc) is 3.34. The summed E-state index contributed by atoms with van der Waals surface area (Å²) in [4.78, 5) is 22.5. The molecular weight excluding hydrogens is 439 g/mol. The van der Waals surface area contributed by atoms with Gasteiger partial charge in [-0.2, -0.15) is 0 Å². The van der Waals surface area contributed by atoms with Crippen LogP contribution < -0.4 is 10.6 Å². The van der Waals surface area contributed by atoms with E-state index in [9.17, 15) is 9.18 Å². The zero-order valence-corrected chi connectivity index (χ0v) is 20.7. The van der Waals surface area contributed by atoms with Gasteiger partial charge < -0.3 is 10.6 Å². The first-order valence-corrected chi connectivity index (χ1v) is 12.7. The zero-order chi connectivity index (χ0) is 24.7. The molecule has 184 valence electrons. The Morgan fingerprint density at radius 1 is 1.09 bits per heavy atom.